The lowest BCUT2D eigenvalue weighted by Crippen LogP contribution is -2.19. The van der Waals surface area contributed by atoms with Crippen LogP contribution in [-0.4, -0.2) is 23.7 Å². The zero-order valence-corrected chi connectivity index (χ0v) is 12.6. The number of methoxy groups -OCH3 is 1. The smallest absolute Gasteiger partial charge is 0.271 e. The second kappa shape index (κ2) is 7.17. The topological polar surface area (TPSA) is 93.8 Å². The number of non-ortho nitro benzene ring substituents is 1. The van der Waals surface area contributed by atoms with Crippen molar-refractivity contribution in [3.63, 3.8) is 0 Å². The third-order valence-electron chi connectivity index (χ3n) is 3.17. The molecule has 0 saturated carbocycles. The number of hydrazone groups is 1. The molecule has 0 atom stereocenters. The molecule has 0 aliphatic carbocycles. The Labute approximate surface area is 132 Å². The van der Waals surface area contributed by atoms with Crippen molar-refractivity contribution in [2.75, 3.05) is 7.11 Å². The van der Waals surface area contributed by atoms with Crippen molar-refractivity contribution in [3.05, 3.63) is 69.8 Å². The molecular weight excluding hydrogens is 298 g/mol. The van der Waals surface area contributed by atoms with E-state index in [-0.39, 0.29) is 5.69 Å². The first-order chi connectivity index (χ1) is 11.0. The molecule has 0 heterocycles. The van der Waals surface area contributed by atoms with Crippen molar-refractivity contribution in [1.82, 2.24) is 5.43 Å². The summed E-state index contributed by atoms with van der Waals surface area (Å²) in [6.07, 6.45) is 0. The molecule has 0 unspecified atom stereocenters. The van der Waals surface area contributed by atoms with E-state index < -0.39 is 10.8 Å². The summed E-state index contributed by atoms with van der Waals surface area (Å²) >= 11 is 0. The zero-order valence-electron chi connectivity index (χ0n) is 12.6. The summed E-state index contributed by atoms with van der Waals surface area (Å²) in [7, 11) is 1.58. The molecule has 0 fully saturated rings. The first kappa shape index (κ1) is 16.2. The van der Waals surface area contributed by atoms with E-state index in [0.29, 0.717) is 11.3 Å². The van der Waals surface area contributed by atoms with Crippen molar-refractivity contribution >= 4 is 17.3 Å². The number of carbonyl (C=O) groups excluding carboxylic acids is 1. The van der Waals surface area contributed by atoms with Gasteiger partial charge in [0, 0.05) is 17.7 Å². The summed E-state index contributed by atoms with van der Waals surface area (Å²) < 4.78 is 5.07. The maximum absolute atomic E-state index is 12.0. The third kappa shape index (κ3) is 4.13. The van der Waals surface area contributed by atoms with Crippen molar-refractivity contribution in [3.8, 4) is 5.75 Å². The number of ether oxygens (including phenoxy) is 1. The summed E-state index contributed by atoms with van der Waals surface area (Å²) in [6.45, 7) is 1.76. The number of amides is 1. The Balaban J connectivity index is 2.05. The van der Waals surface area contributed by atoms with Gasteiger partial charge in [0.15, 0.2) is 0 Å². The van der Waals surface area contributed by atoms with Crippen LogP contribution in [0.15, 0.2) is 53.6 Å². The molecule has 0 bridgehead atoms. The van der Waals surface area contributed by atoms with E-state index in [0.717, 1.165) is 11.3 Å². The van der Waals surface area contributed by atoms with Gasteiger partial charge in [-0.15, -0.1) is 0 Å². The molecule has 2 rings (SSSR count). The number of nitrogens with zero attached hydrogens (tertiary/aromatic N) is 2. The first-order valence-electron chi connectivity index (χ1n) is 6.75. The average molecular weight is 313 g/mol. The van der Waals surface area contributed by atoms with Gasteiger partial charge in [-0.2, -0.15) is 5.10 Å². The highest BCUT2D eigenvalue weighted by Gasteiger charge is 2.09. The predicted octanol–water partition coefficient (Wildman–Crippen LogP) is 2.76. The van der Waals surface area contributed by atoms with Crippen molar-refractivity contribution in [1.29, 1.82) is 0 Å². The Kier molecular flexibility index (Phi) is 5.03. The van der Waals surface area contributed by atoms with Crippen LogP contribution in [0, 0.1) is 10.1 Å². The number of nitro groups is 1. The number of benzene rings is 2. The number of nitro benzene ring substituents is 1. The van der Waals surface area contributed by atoms with E-state index >= 15 is 0 Å². The number of nitrogens with one attached hydrogen (secondary N) is 1. The number of hydrogen-bond donors (Lipinski definition) is 1. The van der Waals surface area contributed by atoms with Crippen LogP contribution in [-0.2, 0) is 0 Å². The molecule has 2 aromatic rings. The van der Waals surface area contributed by atoms with Gasteiger partial charge in [-0.25, -0.2) is 5.43 Å². The van der Waals surface area contributed by atoms with Gasteiger partial charge in [0.05, 0.1) is 17.7 Å². The molecule has 0 spiro atoms. The van der Waals surface area contributed by atoms with Gasteiger partial charge in [-0.1, -0.05) is 0 Å². The fourth-order valence-corrected chi connectivity index (χ4v) is 1.83. The molecule has 0 aromatic heterocycles. The number of carbonyl (C=O) groups is 1. The van der Waals surface area contributed by atoms with Crippen LogP contribution in [0.3, 0.4) is 0 Å². The Hall–Kier alpha value is -3.22. The standard InChI is InChI=1S/C16H15N3O4/c1-11(12-5-9-15(23-2)10-6-12)17-18-16(20)13-3-7-14(8-4-13)19(21)22/h3-10H,1-2H3,(H,18,20)/b17-11+. The summed E-state index contributed by atoms with van der Waals surface area (Å²) in [5.41, 5.74) is 4.12. The van der Waals surface area contributed by atoms with Crippen molar-refractivity contribution in [2.24, 2.45) is 5.10 Å². The van der Waals surface area contributed by atoms with Gasteiger partial charge in [-0.3, -0.25) is 14.9 Å². The van der Waals surface area contributed by atoms with E-state index in [2.05, 4.69) is 10.5 Å². The summed E-state index contributed by atoms with van der Waals surface area (Å²) in [6, 6.07) is 12.6. The SMILES string of the molecule is COc1ccc(/C(C)=N/NC(=O)c2ccc([N+](=O)[O-])cc2)cc1. The molecule has 1 amide bonds. The quantitative estimate of drug-likeness (QED) is 0.521. The van der Waals surface area contributed by atoms with Crippen LogP contribution in [0.2, 0.25) is 0 Å². The second-order valence-corrected chi connectivity index (χ2v) is 4.67. The van der Waals surface area contributed by atoms with Gasteiger partial charge in [0.1, 0.15) is 5.75 Å². The monoisotopic (exact) mass is 313 g/mol. The van der Waals surface area contributed by atoms with Crippen LogP contribution < -0.4 is 10.2 Å². The van der Waals surface area contributed by atoms with Crippen LogP contribution >= 0.6 is 0 Å². The summed E-state index contributed by atoms with van der Waals surface area (Å²) in [5, 5.41) is 14.6. The Morgan fingerprint density at radius 1 is 1.09 bits per heavy atom. The van der Waals surface area contributed by atoms with E-state index in [4.69, 9.17) is 4.74 Å². The fraction of sp³-hybridized carbons (Fsp3) is 0.125. The van der Waals surface area contributed by atoms with Crippen molar-refractivity contribution < 1.29 is 14.5 Å². The minimum Gasteiger partial charge on any atom is -0.497 e. The molecule has 23 heavy (non-hydrogen) atoms. The normalized spacial score (nSPS) is 11.0. The molecule has 118 valence electrons. The maximum atomic E-state index is 12.0. The van der Waals surface area contributed by atoms with E-state index in [9.17, 15) is 14.9 Å². The van der Waals surface area contributed by atoms with Gasteiger partial charge in [-0.05, 0) is 48.9 Å². The lowest BCUT2D eigenvalue weighted by molar-refractivity contribution is -0.384. The van der Waals surface area contributed by atoms with E-state index in [1.54, 1.807) is 26.2 Å². The molecule has 0 aliphatic heterocycles. The molecule has 0 radical (unpaired) electrons. The van der Waals surface area contributed by atoms with Gasteiger partial charge in [0.25, 0.3) is 11.6 Å². The fourth-order valence-electron chi connectivity index (χ4n) is 1.83. The van der Waals surface area contributed by atoms with Gasteiger partial charge < -0.3 is 4.74 Å². The highest BCUT2D eigenvalue weighted by molar-refractivity contribution is 6.00. The number of hydrogen-bond acceptors (Lipinski definition) is 5. The van der Waals surface area contributed by atoms with Crippen molar-refractivity contribution in [2.45, 2.75) is 6.92 Å². The maximum Gasteiger partial charge on any atom is 0.271 e. The van der Waals surface area contributed by atoms with Crippen LogP contribution in [0.5, 0.6) is 5.75 Å². The largest absolute Gasteiger partial charge is 0.497 e. The molecule has 2 aromatic carbocycles. The van der Waals surface area contributed by atoms with E-state index in [1.165, 1.54) is 24.3 Å². The first-order valence-corrected chi connectivity index (χ1v) is 6.75. The molecular formula is C16H15N3O4. The van der Waals surface area contributed by atoms with Crippen LogP contribution in [0.1, 0.15) is 22.8 Å². The Morgan fingerprint density at radius 3 is 2.17 bits per heavy atom. The van der Waals surface area contributed by atoms with Crippen LogP contribution in [0.25, 0.3) is 0 Å². The second-order valence-electron chi connectivity index (χ2n) is 4.67. The lowest BCUT2D eigenvalue weighted by Gasteiger charge is -2.04. The van der Waals surface area contributed by atoms with Crippen LogP contribution in [0.4, 0.5) is 5.69 Å². The lowest BCUT2D eigenvalue weighted by atomic mass is 10.1. The average Bonchev–Trinajstić information content (AvgIpc) is 2.59. The summed E-state index contributed by atoms with van der Waals surface area (Å²) in [5.74, 6) is 0.296. The van der Waals surface area contributed by atoms with Gasteiger partial charge >= 0.3 is 0 Å². The Morgan fingerprint density at radius 2 is 1.65 bits per heavy atom. The summed E-state index contributed by atoms with van der Waals surface area (Å²) in [4.78, 5) is 22.0. The molecule has 7 nitrogen and oxygen atoms in total. The molecule has 0 saturated heterocycles. The molecule has 7 heteroatoms. The minimum atomic E-state index is -0.520. The highest BCUT2D eigenvalue weighted by Crippen LogP contribution is 2.13. The predicted molar refractivity (Wildman–Crippen MR) is 85.8 cm³/mol. The number of rotatable bonds is 5. The molecule has 1 N–H and O–H groups in total. The Bertz CT molecular complexity index is 737. The minimum absolute atomic E-state index is 0.0699. The zero-order chi connectivity index (χ0) is 16.8. The van der Waals surface area contributed by atoms with E-state index in [1.807, 2.05) is 12.1 Å². The highest BCUT2D eigenvalue weighted by atomic mass is 16.6. The molecule has 0 aliphatic rings. The third-order valence-corrected chi connectivity index (χ3v) is 3.17. The van der Waals surface area contributed by atoms with Gasteiger partial charge in [0.2, 0.25) is 0 Å².